The third-order valence-corrected chi connectivity index (χ3v) is 10.8. The van der Waals surface area contributed by atoms with Gasteiger partial charge in [0.15, 0.2) is 5.58 Å². The molecule has 9 aromatic carbocycles. The Hall–Kier alpha value is -7.43. The van der Waals surface area contributed by atoms with Crippen LogP contribution in [0, 0.1) is 0 Å². The van der Waals surface area contributed by atoms with Crippen LogP contribution < -0.4 is 4.90 Å². The van der Waals surface area contributed by atoms with Crippen LogP contribution >= 0.6 is 0 Å². The van der Waals surface area contributed by atoms with Gasteiger partial charge in [0.05, 0.1) is 16.7 Å². The first-order valence-electron chi connectivity index (χ1n) is 18.6. The molecular formula is C51H33N3O. The number of oxazole rings is 1. The summed E-state index contributed by atoms with van der Waals surface area (Å²) in [5.74, 6) is 0.619. The fraction of sp³-hybridized carbons (Fsp3) is 0. The zero-order valence-electron chi connectivity index (χ0n) is 29.8. The summed E-state index contributed by atoms with van der Waals surface area (Å²) in [4.78, 5) is 7.27. The lowest BCUT2D eigenvalue weighted by molar-refractivity contribution is 0.623. The van der Waals surface area contributed by atoms with Crippen molar-refractivity contribution in [2.75, 3.05) is 4.90 Å². The second kappa shape index (κ2) is 12.6. The Labute approximate surface area is 317 Å². The largest absolute Gasteiger partial charge is 0.435 e. The summed E-state index contributed by atoms with van der Waals surface area (Å²) in [6.45, 7) is 0. The van der Waals surface area contributed by atoms with Gasteiger partial charge in [-0.1, -0.05) is 121 Å². The normalized spacial score (nSPS) is 11.6. The van der Waals surface area contributed by atoms with Crippen molar-refractivity contribution in [2.45, 2.75) is 0 Å². The van der Waals surface area contributed by atoms with Crippen LogP contribution in [0.25, 0.3) is 82.7 Å². The Morgan fingerprint density at radius 2 is 1.09 bits per heavy atom. The van der Waals surface area contributed by atoms with Gasteiger partial charge in [-0.3, -0.25) is 0 Å². The second-order valence-electron chi connectivity index (χ2n) is 14.0. The zero-order valence-corrected chi connectivity index (χ0v) is 29.8. The lowest BCUT2D eigenvalue weighted by atomic mass is 10.0. The van der Waals surface area contributed by atoms with Crippen LogP contribution in [-0.4, -0.2) is 9.55 Å². The number of nitrogens with zero attached hydrogens (tertiary/aromatic N) is 3. The molecule has 0 fully saturated rings. The number of fused-ring (bicyclic) bond motifs is 7. The molecule has 4 nitrogen and oxygen atoms in total. The summed E-state index contributed by atoms with van der Waals surface area (Å²) < 4.78 is 8.91. The van der Waals surface area contributed by atoms with E-state index >= 15 is 0 Å². The van der Waals surface area contributed by atoms with Gasteiger partial charge in [0, 0.05) is 44.2 Å². The van der Waals surface area contributed by atoms with Crippen molar-refractivity contribution in [3.05, 3.63) is 200 Å². The van der Waals surface area contributed by atoms with E-state index in [2.05, 4.69) is 179 Å². The number of benzene rings is 9. The number of para-hydroxylation sites is 2. The molecule has 11 rings (SSSR count). The van der Waals surface area contributed by atoms with Gasteiger partial charge in [-0.05, 0) is 101 Å². The third-order valence-electron chi connectivity index (χ3n) is 10.8. The second-order valence-corrected chi connectivity index (χ2v) is 14.0. The van der Waals surface area contributed by atoms with Crippen LogP contribution in [0.3, 0.4) is 0 Å². The molecule has 0 radical (unpaired) electrons. The summed E-state index contributed by atoms with van der Waals surface area (Å²) in [6.07, 6.45) is 0. The Balaban J connectivity index is 1.12. The van der Waals surface area contributed by atoms with E-state index in [1.807, 2.05) is 30.3 Å². The van der Waals surface area contributed by atoms with Crippen LogP contribution in [0.2, 0.25) is 0 Å². The summed E-state index contributed by atoms with van der Waals surface area (Å²) >= 11 is 0. The van der Waals surface area contributed by atoms with E-state index in [9.17, 15) is 0 Å². The van der Waals surface area contributed by atoms with Crippen molar-refractivity contribution in [1.29, 1.82) is 0 Å². The SMILES string of the molecule is c1ccc(-c2nc3ccc4c(N(c5ccc(-c6ccc7ccccc7c6)cc5)c5ccc6c7ccccc7n(-c7ccccc7)c6c5)cccc4c3o2)cc1. The van der Waals surface area contributed by atoms with Gasteiger partial charge in [0.25, 0.3) is 0 Å². The Kier molecular flexibility index (Phi) is 7.14. The topological polar surface area (TPSA) is 34.2 Å². The molecule has 0 amide bonds. The molecule has 0 saturated carbocycles. The molecule has 0 unspecified atom stereocenters. The summed E-state index contributed by atoms with van der Waals surface area (Å²) in [6, 6.07) is 71.1. The highest BCUT2D eigenvalue weighted by Gasteiger charge is 2.21. The van der Waals surface area contributed by atoms with Crippen LogP contribution in [0.15, 0.2) is 205 Å². The minimum atomic E-state index is 0.619. The molecule has 0 saturated heterocycles. The maximum atomic E-state index is 6.53. The average molecular weight is 704 g/mol. The van der Waals surface area contributed by atoms with Crippen LogP contribution in [-0.2, 0) is 0 Å². The first-order chi connectivity index (χ1) is 27.3. The van der Waals surface area contributed by atoms with Crippen LogP contribution in [0.4, 0.5) is 17.1 Å². The van der Waals surface area contributed by atoms with Crippen molar-refractivity contribution in [1.82, 2.24) is 9.55 Å². The predicted octanol–water partition coefficient (Wildman–Crippen LogP) is 14.0. The summed E-state index contributed by atoms with van der Waals surface area (Å²) in [5, 5.41) is 7.01. The maximum absolute atomic E-state index is 6.53. The maximum Gasteiger partial charge on any atom is 0.227 e. The highest BCUT2D eigenvalue weighted by atomic mass is 16.3. The predicted molar refractivity (Wildman–Crippen MR) is 229 cm³/mol. The van der Waals surface area contributed by atoms with Gasteiger partial charge in [0.2, 0.25) is 5.89 Å². The van der Waals surface area contributed by atoms with E-state index < -0.39 is 0 Å². The number of rotatable bonds is 6. The molecular weight excluding hydrogens is 671 g/mol. The molecule has 0 bridgehead atoms. The highest BCUT2D eigenvalue weighted by molar-refractivity contribution is 6.12. The monoisotopic (exact) mass is 703 g/mol. The quantitative estimate of drug-likeness (QED) is 0.173. The van der Waals surface area contributed by atoms with Gasteiger partial charge in [-0.15, -0.1) is 0 Å². The molecule has 0 N–H and O–H groups in total. The molecule has 11 aromatic rings. The van der Waals surface area contributed by atoms with Gasteiger partial charge >= 0.3 is 0 Å². The Bertz CT molecular complexity index is 3200. The molecule has 4 heteroatoms. The smallest absolute Gasteiger partial charge is 0.227 e. The van der Waals surface area contributed by atoms with E-state index in [1.165, 1.54) is 38.2 Å². The molecule has 0 aliphatic carbocycles. The standard InChI is InChI=1S/C51H33N3O/c1-3-13-36(14-4-1)51-52-46-31-30-44-45(50(46)55-51)19-11-21-47(44)53(40-26-24-35(25-27-40)38-23-22-34-12-7-8-15-37(34)32-38)41-28-29-43-42-18-9-10-20-48(42)54(49(43)33-41)39-16-5-2-6-17-39/h1-33H. The highest BCUT2D eigenvalue weighted by Crippen LogP contribution is 2.44. The van der Waals surface area contributed by atoms with E-state index in [4.69, 9.17) is 9.40 Å². The number of anilines is 3. The van der Waals surface area contributed by atoms with Crippen molar-refractivity contribution in [2.24, 2.45) is 0 Å². The first kappa shape index (κ1) is 31.1. The summed E-state index contributed by atoms with van der Waals surface area (Å²) in [7, 11) is 0. The number of aromatic nitrogens is 2. The van der Waals surface area contributed by atoms with E-state index in [-0.39, 0.29) is 0 Å². The minimum absolute atomic E-state index is 0.619. The molecule has 2 aromatic heterocycles. The summed E-state index contributed by atoms with van der Waals surface area (Å²) in [5.41, 5.74) is 11.6. The van der Waals surface area contributed by atoms with Crippen LogP contribution in [0.5, 0.6) is 0 Å². The molecule has 2 heterocycles. The lowest BCUT2D eigenvalue weighted by Crippen LogP contribution is -2.10. The molecule has 0 atom stereocenters. The first-order valence-corrected chi connectivity index (χ1v) is 18.6. The van der Waals surface area contributed by atoms with E-state index in [0.29, 0.717) is 5.89 Å². The van der Waals surface area contributed by atoms with Gasteiger partial charge in [-0.2, -0.15) is 0 Å². The third kappa shape index (κ3) is 5.19. The number of hydrogen-bond donors (Lipinski definition) is 0. The molecule has 258 valence electrons. The molecule has 0 spiro atoms. The Morgan fingerprint density at radius 1 is 0.418 bits per heavy atom. The molecule has 0 aliphatic heterocycles. The van der Waals surface area contributed by atoms with Crippen molar-refractivity contribution >= 4 is 71.5 Å². The Morgan fingerprint density at radius 3 is 1.95 bits per heavy atom. The van der Waals surface area contributed by atoms with Crippen LogP contribution in [0.1, 0.15) is 0 Å². The molecule has 55 heavy (non-hydrogen) atoms. The fourth-order valence-corrected chi connectivity index (χ4v) is 8.18. The van der Waals surface area contributed by atoms with Crippen molar-refractivity contribution in [3.8, 4) is 28.3 Å². The van der Waals surface area contributed by atoms with Gasteiger partial charge in [-0.25, -0.2) is 4.98 Å². The van der Waals surface area contributed by atoms with E-state index in [0.717, 1.165) is 55.7 Å². The molecule has 0 aliphatic rings. The van der Waals surface area contributed by atoms with Gasteiger partial charge in [0.1, 0.15) is 5.52 Å². The van der Waals surface area contributed by atoms with Gasteiger partial charge < -0.3 is 13.9 Å². The fourth-order valence-electron chi connectivity index (χ4n) is 8.18. The minimum Gasteiger partial charge on any atom is -0.435 e. The van der Waals surface area contributed by atoms with Crippen molar-refractivity contribution in [3.63, 3.8) is 0 Å². The zero-order chi connectivity index (χ0) is 36.3. The average Bonchev–Trinajstić information content (AvgIpc) is 3.85. The van der Waals surface area contributed by atoms with Crippen molar-refractivity contribution < 1.29 is 4.42 Å². The van der Waals surface area contributed by atoms with E-state index in [1.54, 1.807) is 0 Å². The number of hydrogen-bond acceptors (Lipinski definition) is 3. The lowest BCUT2D eigenvalue weighted by Gasteiger charge is -2.27.